The summed E-state index contributed by atoms with van der Waals surface area (Å²) >= 11 is 1.04. The maximum atomic E-state index is 13.5. The largest absolute Gasteiger partial charge is 0.457 e. The number of halogens is 1. The summed E-state index contributed by atoms with van der Waals surface area (Å²) in [6, 6.07) is 13.7. The zero-order chi connectivity index (χ0) is 17.8. The van der Waals surface area contributed by atoms with E-state index >= 15 is 0 Å². The van der Waals surface area contributed by atoms with Gasteiger partial charge < -0.3 is 9.72 Å². The van der Waals surface area contributed by atoms with Crippen LogP contribution < -0.4 is 0 Å². The molecule has 1 N–H and O–H groups in total. The quantitative estimate of drug-likeness (QED) is 0.409. The molecule has 2 aromatic carbocycles. The van der Waals surface area contributed by atoms with Gasteiger partial charge in [-0.2, -0.15) is 0 Å². The highest BCUT2D eigenvalue weighted by atomic mass is 32.2. The summed E-state index contributed by atoms with van der Waals surface area (Å²) in [6.07, 6.45) is 0. The lowest BCUT2D eigenvalue weighted by Crippen LogP contribution is -2.16. The van der Waals surface area contributed by atoms with Crippen molar-refractivity contribution < 1.29 is 18.7 Å². The molecule has 0 spiro atoms. The maximum Gasteiger partial charge on any atom is 0.316 e. The number of thioether (sulfide) groups is 1. The van der Waals surface area contributed by atoms with E-state index in [1.807, 2.05) is 31.2 Å². The number of esters is 1. The van der Waals surface area contributed by atoms with E-state index in [-0.39, 0.29) is 24.0 Å². The molecule has 128 valence electrons. The van der Waals surface area contributed by atoms with Crippen molar-refractivity contribution in [2.75, 3.05) is 12.4 Å². The smallest absolute Gasteiger partial charge is 0.316 e. The number of carbonyl (C=O) groups excluding carboxylic acids is 2. The summed E-state index contributed by atoms with van der Waals surface area (Å²) in [6.45, 7) is 1.47. The zero-order valence-electron chi connectivity index (χ0n) is 13.5. The van der Waals surface area contributed by atoms with Gasteiger partial charge in [0.25, 0.3) is 0 Å². The molecule has 0 bridgehead atoms. The summed E-state index contributed by atoms with van der Waals surface area (Å²) in [5, 5.41) is 0.807. The van der Waals surface area contributed by atoms with Gasteiger partial charge in [0.05, 0.1) is 5.75 Å². The van der Waals surface area contributed by atoms with Gasteiger partial charge in [0.15, 0.2) is 6.61 Å². The Bertz CT molecular complexity index is 935. The van der Waals surface area contributed by atoms with Crippen LogP contribution in [0.4, 0.5) is 4.39 Å². The second-order valence-corrected chi connectivity index (χ2v) is 6.49. The number of fused-ring (bicyclic) bond motifs is 1. The van der Waals surface area contributed by atoms with Gasteiger partial charge in [0.2, 0.25) is 5.78 Å². The highest BCUT2D eigenvalue weighted by Gasteiger charge is 2.17. The number of para-hydroxylation sites is 1. The number of hydrogen-bond donors (Lipinski definition) is 1. The molecule has 0 unspecified atom stereocenters. The number of aromatic amines is 1. The topological polar surface area (TPSA) is 59.2 Å². The molecule has 0 radical (unpaired) electrons. The third kappa shape index (κ3) is 3.91. The summed E-state index contributed by atoms with van der Waals surface area (Å²) in [4.78, 5) is 27.7. The average Bonchev–Trinajstić information content (AvgIpc) is 2.94. The Morgan fingerprint density at radius 3 is 2.64 bits per heavy atom. The number of nitrogens with one attached hydrogen (secondary N) is 1. The predicted molar refractivity (Wildman–Crippen MR) is 95.4 cm³/mol. The van der Waals surface area contributed by atoms with E-state index in [9.17, 15) is 14.0 Å². The molecule has 6 heteroatoms. The van der Waals surface area contributed by atoms with Gasteiger partial charge in [0, 0.05) is 27.1 Å². The van der Waals surface area contributed by atoms with Crippen LogP contribution in [0.1, 0.15) is 16.1 Å². The normalized spacial score (nSPS) is 10.8. The number of aryl methyl sites for hydroxylation is 1. The molecule has 0 saturated carbocycles. The Labute approximate surface area is 148 Å². The van der Waals surface area contributed by atoms with Gasteiger partial charge in [-0.15, -0.1) is 11.8 Å². The molecule has 1 heterocycles. The lowest BCUT2D eigenvalue weighted by Gasteiger charge is -2.05. The summed E-state index contributed by atoms with van der Waals surface area (Å²) < 4.78 is 18.5. The number of ether oxygens (including phenoxy) is 1. The number of aromatic nitrogens is 1. The first-order valence-corrected chi connectivity index (χ1v) is 8.68. The first kappa shape index (κ1) is 17.2. The summed E-state index contributed by atoms with van der Waals surface area (Å²) in [5.41, 5.74) is 2.14. The van der Waals surface area contributed by atoms with Crippen LogP contribution >= 0.6 is 11.8 Å². The lowest BCUT2D eigenvalue weighted by atomic mass is 10.1. The van der Waals surface area contributed by atoms with Crippen LogP contribution in [0, 0.1) is 12.7 Å². The van der Waals surface area contributed by atoms with Crippen molar-refractivity contribution in [2.45, 2.75) is 11.8 Å². The van der Waals surface area contributed by atoms with Gasteiger partial charge in [-0.05, 0) is 25.1 Å². The van der Waals surface area contributed by atoms with E-state index in [1.165, 1.54) is 6.07 Å². The lowest BCUT2D eigenvalue weighted by molar-refractivity contribution is -0.139. The Morgan fingerprint density at radius 1 is 1.12 bits per heavy atom. The first-order valence-electron chi connectivity index (χ1n) is 7.69. The van der Waals surface area contributed by atoms with E-state index in [4.69, 9.17) is 4.74 Å². The first-order chi connectivity index (χ1) is 12.1. The number of hydrogen-bond acceptors (Lipinski definition) is 4. The fourth-order valence-corrected chi connectivity index (χ4v) is 3.33. The molecule has 1 aromatic heterocycles. The minimum atomic E-state index is -0.556. The Hall–Kier alpha value is -2.60. The van der Waals surface area contributed by atoms with Crippen LogP contribution in [0.5, 0.6) is 0 Å². The zero-order valence-corrected chi connectivity index (χ0v) is 14.4. The monoisotopic (exact) mass is 357 g/mol. The van der Waals surface area contributed by atoms with E-state index in [0.29, 0.717) is 10.5 Å². The van der Waals surface area contributed by atoms with Crippen molar-refractivity contribution in [3.05, 3.63) is 65.6 Å². The number of carbonyl (C=O) groups is 2. The predicted octanol–water partition coefficient (Wildman–Crippen LogP) is 4.13. The highest BCUT2D eigenvalue weighted by molar-refractivity contribution is 8.00. The van der Waals surface area contributed by atoms with E-state index in [0.717, 1.165) is 28.4 Å². The average molecular weight is 357 g/mol. The molecular formula is C19H16FNO3S. The molecule has 3 rings (SSSR count). The van der Waals surface area contributed by atoms with Crippen molar-refractivity contribution in [3.8, 4) is 0 Å². The van der Waals surface area contributed by atoms with Crippen molar-refractivity contribution in [3.63, 3.8) is 0 Å². The molecule has 4 nitrogen and oxygen atoms in total. The maximum absolute atomic E-state index is 13.5. The van der Waals surface area contributed by atoms with Crippen LogP contribution in [-0.4, -0.2) is 29.1 Å². The van der Waals surface area contributed by atoms with Crippen molar-refractivity contribution >= 4 is 34.4 Å². The fraction of sp³-hybridized carbons (Fsp3) is 0.158. The number of rotatable bonds is 6. The molecule has 0 aliphatic carbocycles. The molecule has 0 fully saturated rings. The third-order valence-electron chi connectivity index (χ3n) is 3.72. The minimum absolute atomic E-state index is 0.0545. The summed E-state index contributed by atoms with van der Waals surface area (Å²) in [7, 11) is 0. The molecule has 0 aliphatic heterocycles. The third-order valence-corrected chi connectivity index (χ3v) is 4.74. The van der Waals surface area contributed by atoms with Crippen molar-refractivity contribution in [1.29, 1.82) is 0 Å². The number of benzene rings is 2. The van der Waals surface area contributed by atoms with Gasteiger partial charge in [-0.3, -0.25) is 9.59 Å². The SMILES string of the molecule is Cc1[nH]c2ccccc2c1C(=O)COC(=O)CSc1ccccc1F. The molecule has 0 amide bonds. The van der Waals surface area contributed by atoms with E-state index in [1.54, 1.807) is 18.2 Å². The molecular weight excluding hydrogens is 341 g/mol. The minimum Gasteiger partial charge on any atom is -0.457 e. The van der Waals surface area contributed by atoms with Crippen LogP contribution in [-0.2, 0) is 9.53 Å². The molecule has 0 atom stereocenters. The molecule has 0 aliphatic rings. The summed E-state index contributed by atoms with van der Waals surface area (Å²) in [5.74, 6) is -1.26. The van der Waals surface area contributed by atoms with Gasteiger partial charge >= 0.3 is 5.97 Å². The van der Waals surface area contributed by atoms with E-state index in [2.05, 4.69) is 4.98 Å². The van der Waals surface area contributed by atoms with Crippen molar-refractivity contribution in [2.24, 2.45) is 0 Å². The van der Waals surface area contributed by atoms with Crippen molar-refractivity contribution in [1.82, 2.24) is 4.98 Å². The van der Waals surface area contributed by atoms with Gasteiger partial charge in [-0.1, -0.05) is 30.3 Å². The van der Waals surface area contributed by atoms with Gasteiger partial charge in [-0.25, -0.2) is 4.39 Å². The number of ketones is 1. The standard InChI is InChI=1S/C19H16FNO3S/c1-12-19(13-6-2-4-8-15(13)21-12)16(22)10-24-18(23)11-25-17-9-5-3-7-14(17)20/h2-9,21H,10-11H2,1H3. The van der Waals surface area contributed by atoms with Crippen LogP contribution in [0.15, 0.2) is 53.4 Å². The van der Waals surface area contributed by atoms with Crippen LogP contribution in [0.25, 0.3) is 10.9 Å². The molecule has 25 heavy (non-hydrogen) atoms. The Kier molecular flexibility index (Phi) is 5.19. The number of Topliss-reactive ketones (excluding diaryl/α,β-unsaturated/α-hetero) is 1. The molecule has 0 saturated heterocycles. The van der Waals surface area contributed by atoms with Crippen LogP contribution in [0.3, 0.4) is 0 Å². The Balaban J connectivity index is 1.59. The Morgan fingerprint density at radius 2 is 1.84 bits per heavy atom. The highest BCUT2D eigenvalue weighted by Crippen LogP contribution is 2.23. The van der Waals surface area contributed by atoms with Crippen LogP contribution in [0.2, 0.25) is 0 Å². The van der Waals surface area contributed by atoms with E-state index < -0.39 is 5.97 Å². The molecule has 3 aromatic rings. The van der Waals surface area contributed by atoms with Gasteiger partial charge in [0.1, 0.15) is 5.82 Å². The second kappa shape index (κ2) is 7.53. The number of H-pyrrole nitrogens is 1. The fourth-order valence-electron chi connectivity index (χ4n) is 2.59. The second-order valence-electron chi connectivity index (χ2n) is 5.47.